The molecule has 0 rings (SSSR count). The van der Waals surface area contributed by atoms with Crippen LogP contribution < -0.4 is 5.73 Å². The Hall–Kier alpha value is -1.10. The lowest BCUT2D eigenvalue weighted by atomic mass is 9.94. The van der Waals surface area contributed by atoms with Crippen molar-refractivity contribution in [1.29, 1.82) is 0 Å². The summed E-state index contributed by atoms with van der Waals surface area (Å²) < 4.78 is 9.65. The van der Waals surface area contributed by atoms with Gasteiger partial charge in [0, 0.05) is 12.8 Å². The van der Waals surface area contributed by atoms with Crippen LogP contribution in [0.4, 0.5) is 0 Å². The van der Waals surface area contributed by atoms with Gasteiger partial charge in [-0.25, -0.2) is 0 Å². The number of unbranched alkanes of at least 4 members (excludes halogenated alkanes) is 1. The molecule has 0 aliphatic rings. The Balaban J connectivity index is 0. The summed E-state index contributed by atoms with van der Waals surface area (Å²) in [6, 6.07) is 0. The third kappa shape index (κ3) is 15.1. The van der Waals surface area contributed by atoms with E-state index in [4.69, 9.17) is 10.5 Å². The number of hydrogen-bond acceptors (Lipinski definition) is 5. The lowest BCUT2D eigenvalue weighted by Gasteiger charge is -2.16. The van der Waals surface area contributed by atoms with E-state index >= 15 is 0 Å². The van der Waals surface area contributed by atoms with Crippen LogP contribution in [0.1, 0.15) is 59.8 Å². The Labute approximate surface area is 129 Å². The normalized spacial score (nSPS) is 11.4. The number of ether oxygens (including phenoxy) is 2. The summed E-state index contributed by atoms with van der Waals surface area (Å²) in [4.78, 5) is 22.4. The molecule has 0 bridgehead atoms. The lowest BCUT2D eigenvalue weighted by Crippen LogP contribution is -2.21. The van der Waals surface area contributed by atoms with Crippen LogP contribution in [0.5, 0.6) is 0 Å². The van der Waals surface area contributed by atoms with Gasteiger partial charge in [0.05, 0.1) is 13.7 Å². The molecule has 0 saturated heterocycles. The van der Waals surface area contributed by atoms with Gasteiger partial charge in [-0.15, -0.1) is 0 Å². The molecule has 1 atom stereocenters. The first-order chi connectivity index (χ1) is 9.99. The Morgan fingerprint density at radius 1 is 1.10 bits per heavy atom. The monoisotopic (exact) mass is 303 g/mol. The fraction of sp³-hybridized carbons (Fsp3) is 0.875. The third-order valence-electron chi connectivity index (χ3n) is 2.86. The highest BCUT2D eigenvalue weighted by Crippen LogP contribution is 2.14. The van der Waals surface area contributed by atoms with E-state index < -0.39 is 0 Å². The number of carbonyl (C=O) groups is 2. The standard InChI is InChI=1S/C14H27NO4.C2H6/c1-11(2)8-12(10-15)9-14(17)19-7-5-4-6-13(16)18-3;1-2/h11-12H,4-10,15H2,1-3H3;1-2H3. The van der Waals surface area contributed by atoms with E-state index in [1.54, 1.807) is 0 Å². The minimum Gasteiger partial charge on any atom is -0.469 e. The molecule has 5 nitrogen and oxygen atoms in total. The Morgan fingerprint density at radius 3 is 2.19 bits per heavy atom. The minimum absolute atomic E-state index is 0.197. The lowest BCUT2D eigenvalue weighted by molar-refractivity contribution is -0.145. The zero-order valence-corrected chi connectivity index (χ0v) is 14.3. The molecule has 0 aromatic rings. The van der Waals surface area contributed by atoms with Crippen LogP contribution in [0, 0.1) is 11.8 Å². The van der Waals surface area contributed by atoms with Gasteiger partial charge in [-0.05, 0) is 37.6 Å². The van der Waals surface area contributed by atoms with Gasteiger partial charge in [0.2, 0.25) is 0 Å². The topological polar surface area (TPSA) is 78.6 Å². The molecule has 0 amide bonds. The van der Waals surface area contributed by atoms with E-state index in [9.17, 15) is 9.59 Å². The Kier molecular flexibility index (Phi) is 16.2. The average Bonchev–Trinajstić information content (AvgIpc) is 2.47. The number of hydrogen-bond donors (Lipinski definition) is 1. The summed E-state index contributed by atoms with van der Waals surface area (Å²) in [7, 11) is 1.37. The van der Waals surface area contributed by atoms with Crippen LogP contribution in [0.25, 0.3) is 0 Å². The summed E-state index contributed by atoms with van der Waals surface area (Å²) in [5.74, 6) is 0.296. The van der Waals surface area contributed by atoms with Gasteiger partial charge in [-0.2, -0.15) is 0 Å². The number of nitrogens with two attached hydrogens (primary N) is 1. The fourth-order valence-electron chi connectivity index (χ4n) is 1.88. The maximum absolute atomic E-state index is 11.6. The molecular formula is C16H33NO4. The van der Waals surface area contributed by atoms with Gasteiger partial charge in [0.15, 0.2) is 0 Å². The SMILES string of the molecule is CC.COC(=O)CCCCOC(=O)CC(CN)CC(C)C. The molecule has 126 valence electrons. The van der Waals surface area contributed by atoms with Crippen molar-refractivity contribution in [3.63, 3.8) is 0 Å². The van der Waals surface area contributed by atoms with Gasteiger partial charge in [-0.3, -0.25) is 9.59 Å². The van der Waals surface area contributed by atoms with Crippen molar-refractivity contribution in [2.75, 3.05) is 20.3 Å². The first-order valence-electron chi connectivity index (χ1n) is 7.92. The molecular weight excluding hydrogens is 270 g/mol. The number of methoxy groups -OCH3 is 1. The van der Waals surface area contributed by atoms with Crippen molar-refractivity contribution in [1.82, 2.24) is 0 Å². The Morgan fingerprint density at radius 2 is 1.71 bits per heavy atom. The quantitative estimate of drug-likeness (QED) is 0.496. The van der Waals surface area contributed by atoms with E-state index in [0.717, 1.165) is 6.42 Å². The largest absolute Gasteiger partial charge is 0.469 e. The predicted molar refractivity (Wildman–Crippen MR) is 84.8 cm³/mol. The molecule has 2 N–H and O–H groups in total. The third-order valence-corrected chi connectivity index (χ3v) is 2.86. The minimum atomic E-state index is -0.230. The molecule has 0 radical (unpaired) electrons. The van der Waals surface area contributed by atoms with Crippen molar-refractivity contribution >= 4 is 11.9 Å². The summed E-state index contributed by atoms with van der Waals surface area (Å²) in [6.45, 7) is 9.09. The smallest absolute Gasteiger partial charge is 0.306 e. The van der Waals surface area contributed by atoms with E-state index in [-0.39, 0.29) is 17.9 Å². The average molecular weight is 303 g/mol. The maximum atomic E-state index is 11.6. The second-order valence-electron chi connectivity index (χ2n) is 5.19. The molecule has 0 aliphatic carbocycles. The van der Waals surface area contributed by atoms with Crippen LogP contribution in [0.2, 0.25) is 0 Å². The van der Waals surface area contributed by atoms with Gasteiger partial charge in [0.25, 0.3) is 0 Å². The van der Waals surface area contributed by atoms with Crippen LogP contribution in [0.3, 0.4) is 0 Å². The predicted octanol–water partition coefficient (Wildman–Crippen LogP) is 2.91. The summed E-state index contributed by atoms with van der Waals surface area (Å²) in [5.41, 5.74) is 5.64. The van der Waals surface area contributed by atoms with Crippen LogP contribution in [-0.4, -0.2) is 32.2 Å². The summed E-state index contributed by atoms with van der Waals surface area (Å²) in [5, 5.41) is 0. The maximum Gasteiger partial charge on any atom is 0.306 e. The summed E-state index contributed by atoms with van der Waals surface area (Å²) >= 11 is 0. The van der Waals surface area contributed by atoms with Gasteiger partial charge in [0.1, 0.15) is 0 Å². The number of carbonyl (C=O) groups excluding carboxylic acids is 2. The highest BCUT2D eigenvalue weighted by Gasteiger charge is 2.14. The molecule has 0 spiro atoms. The summed E-state index contributed by atoms with van der Waals surface area (Å²) in [6.07, 6.45) is 3.04. The first-order valence-corrected chi connectivity index (χ1v) is 7.92. The van der Waals surface area contributed by atoms with Gasteiger partial charge < -0.3 is 15.2 Å². The van der Waals surface area contributed by atoms with Crippen LogP contribution >= 0.6 is 0 Å². The van der Waals surface area contributed by atoms with Gasteiger partial charge in [-0.1, -0.05) is 27.7 Å². The fourth-order valence-corrected chi connectivity index (χ4v) is 1.88. The molecule has 5 heteroatoms. The Bertz CT molecular complexity index is 267. The van der Waals surface area contributed by atoms with Crippen LogP contribution in [-0.2, 0) is 19.1 Å². The molecule has 0 saturated carbocycles. The van der Waals surface area contributed by atoms with E-state index in [1.165, 1.54) is 7.11 Å². The number of esters is 2. The van der Waals surface area contributed by atoms with Crippen molar-refractivity contribution in [3.8, 4) is 0 Å². The first kappa shape index (κ1) is 22.2. The van der Waals surface area contributed by atoms with Crippen molar-refractivity contribution in [3.05, 3.63) is 0 Å². The molecule has 0 fully saturated rings. The second kappa shape index (κ2) is 15.3. The zero-order valence-electron chi connectivity index (χ0n) is 14.3. The van der Waals surface area contributed by atoms with E-state index in [1.807, 2.05) is 13.8 Å². The highest BCUT2D eigenvalue weighted by molar-refractivity contribution is 5.70. The van der Waals surface area contributed by atoms with Crippen molar-refractivity contribution < 1.29 is 19.1 Å². The molecule has 0 aromatic carbocycles. The zero-order chi connectivity index (χ0) is 16.7. The van der Waals surface area contributed by atoms with Gasteiger partial charge >= 0.3 is 11.9 Å². The van der Waals surface area contributed by atoms with Crippen molar-refractivity contribution in [2.45, 2.75) is 59.8 Å². The van der Waals surface area contributed by atoms with E-state index in [0.29, 0.717) is 44.8 Å². The molecule has 0 heterocycles. The number of rotatable bonds is 10. The molecule has 0 aromatic heterocycles. The second-order valence-corrected chi connectivity index (χ2v) is 5.19. The molecule has 21 heavy (non-hydrogen) atoms. The van der Waals surface area contributed by atoms with Crippen LogP contribution in [0.15, 0.2) is 0 Å². The molecule has 1 unspecified atom stereocenters. The van der Waals surface area contributed by atoms with Crippen molar-refractivity contribution in [2.24, 2.45) is 17.6 Å². The highest BCUT2D eigenvalue weighted by atomic mass is 16.5. The molecule has 0 aliphatic heterocycles. The van der Waals surface area contributed by atoms with E-state index in [2.05, 4.69) is 18.6 Å².